The number of benzene rings is 1. The average Bonchev–Trinajstić information content (AvgIpc) is 2.58. The number of alkyl carbamates (subject to hydrolysis) is 1. The lowest BCUT2D eigenvalue weighted by atomic mass is 10.0. The van der Waals surface area contributed by atoms with Crippen molar-refractivity contribution in [3.8, 4) is 11.5 Å². The molecule has 2 N–H and O–H groups in total. The zero-order valence-electron chi connectivity index (χ0n) is 16.2. The van der Waals surface area contributed by atoms with Crippen LogP contribution in [0.3, 0.4) is 0 Å². The second-order valence-electron chi connectivity index (χ2n) is 7.19. The molecule has 0 bridgehead atoms. The molecule has 0 radical (unpaired) electrons. The maximum Gasteiger partial charge on any atom is 0.410 e. The van der Waals surface area contributed by atoms with Crippen LogP contribution in [-0.4, -0.2) is 48.3 Å². The predicted molar refractivity (Wildman–Crippen MR) is 96.7 cm³/mol. The van der Waals surface area contributed by atoms with Gasteiger partial charge in [-0.15, -0.1) is 0 Å². The van der Waals surface area contributed by atoms with Crippen LogP contribution in [0.4, 0.5) is 4.79 Å². The maximum absolute atomic E-state index is 12.2. The van der Waals surface area contributed by atoms with Gasteiger partial charge in [-0.05, 0) is 51.8 Å². The number of aryl methyl sites for hydroxylation is 1. The number of nitrogens with one attached hydrogen (secondary N) is 1. The minimum Gasteiger partial charge on any atom is -0.486 e. The van der Waals surface area contributed by atoms with E-state index >= 15 is 0 Å². The molecule has 0 fully saturated rings. The molecule has 1 atom stereocenters. The molecule has 0 aliphatic carbocycles. The van der Waals surface area contributed by atoms with Gasteiger partial charge in [0.15, 0.2) is 11.5 Å². The lowest BCUT2D eigenvalue weighted by Gasteiger charge is -2.29. The Bertz CT molecular complexity index is 683. The number of esters is 1. The third-order valence-electron chi connectivity index (χ3n) is 3.70. The zero-order chi connectivity index (χ0) is 20.1. The third-order valence-corrected chi connectivity index (χ3v) is 3.70. The quantitative estimate of drug-likeness (QED) is 0.575. The first-order valence-electron chi connectivity index (χ1n) is 8.92. The fraction of sp³-hybridized carbons (Fsp3) is 0.579. The Labute approximate surface area is 158 Å². The average molecular weight is 381 g/mol. The number of rotatable bonds is 6. The van der Waals surface area contributed by atoms with Crippen LogP contribution in [0, 0.1) is 0 Å². The van der Waals surface area contributed by atoms with Gasteiger partial charge in [0.1, 0.15) is 18.8 Å². The Morgan fingerprint density at radius 3 is 2.48 bits per heavy atom. The monoisotopic (exact) mass is 381 g/mol. The number of fused-ring (bicyclic) bond motifs is 1. The van der Waals surface area contributed by atoms with Crippen LogP contribution >= 0.6 is 0 Å². The second kappa shape index (κ2) is 8.47. The van der Waals surface area contributed by atoms with Crippen molar-refractivity contribution in [2.24, 2.45) is 0 Å². The Balaban J connectivity index is 2.09. The number of carbonyl (C=O) groups is 2. The molecule has 1 aliphatic rings. The van der Waals surface area contributed by atoms with Crippen molar-refractivity contribution in [3.63, 3.8) is 0 Å². The summed E-state index contributed by atoms with van der Waals surface area (Å²) in [6.07, 6.45) is -0.702. The molecule has 0 aromatic heterocycles. The lowest BCUT2D eigenvalue weighted by molar-refractivity contribution is -0.169. The van der Waals surface area contributed by atoms with E-state index in [1.165, 1.54) is 0 Å². The van der Waals surface area contributed by atoms with Gasteiger partial charge in [-0.25, -0.2) is 9.59 Å². The first kappa shape index (κ1) is 20.8. The Kier molecular flexibility index (Phi) is 6.54. The summed E-state index contributed by atoms with van der Waals surface area (Å²) in [5.74, 6) is 0.324. The molecular weight excluding hydrogens is 354 g/mol. The van der Waals surface area contributed by atoms with Crippen LogP contribution in [0.25, 0.3) is 0 Å². The highest BCUT2D eigenvalue weighted by atomic mass is 16.6. The summed E-state index contributed by atoms with van der Waals surface area (Å²) >= 11 is 0. The van der Waals surface area contributed by atoms with Gasteiger partial charge in [0.05, 0.1) is 6.61 Å². The van der Waals surface area contributed by atoms with Gasteiger partial charge < -0.3 is 24.1 Å². The molecule has 1 amide bonds. The highest BCUT2D eigenvalue weighted by Crippen LogP contribution is 2.31. The minimum absolute atomic E-state index is 0.0706. The van der Waals surface area contributed by atoms with Crippen LogP contribution in [-0.2, 0) is 20.7 Å². The SMILES string of the molecule is CCOC(=O)C(O)(CCc1ccc2c(c1)OCCO2)NC(=O)OC(C)(C)C. The van der Waals surface area contributed by atoms with Crippen molar-refractivity contribution in [1.29, 1.82) is 0 Å². The van der Waals surface area contributed by atoms with E-state index in [2.05, 4.69) is 5.32 Å². The van der Waals surface area contributed by atoms with Crippen LogP contribution in [0.15, 0.2) is 18.2 Å². The molecule has 150 valence electrons. The van der Waals surface area contributed by atoms with E-state index in [1.54, 1.807) is 39.8 Å². The Morgan fingerprint density at radius 1 is 1.19 bits per heavy atom. The minimum atomic E-state index is -2.20. The number of hydrogen-bond donors (Lipinski definition) is 2. The summed E-state index contributed by atoms with van der Waals surface area (Å²) in [6, 6.07) is 5.37. The number of ether oxygens (including phenoxy) is 4. The molecule has 1 heterocycles. The summed E-state index contributed by atoms with van der Waals surface area (Å²) in [6.45, 7) is 7.70. The molecule has 2 rings (SSSR count). The fourth-order valence-electron chi connectivity index (χ4n) is 2.51. The number of hydrogen-bond acceptors (Lipinski definition) is 7. The molecule has 0 saturated carbocycles. The van der Waals surface area contributed by atoms with E-state index in [9.17, 15) is 14.7 Å². The molecular formula is C19H27NO7. The fourth-order valence-corrected chi connectivity index (χ4v) is 2.51. The normalized spacial score (nSPS) is 15.4. The largest absolute Gasteiger partial charge is 0.486 e. The number of aliphatic hydroxyl groups is 1. The Hall–Kier alpha value is -2.48. The summed E-state index contributed by atoms with van der Waals surface area (Å²) in [7, 11) is 0. The van der Waals surface area contributed by atoms with E-state index in [4.69, 9.17) is 18.9 Å². The summed E-state index contributed by atoms with van der Waals surface area (Å²) in [5, 5.41) is 13.0. The first-order chi connectivity index (χ1) is 12.6. The van der Waals surface area contributed by atoms with Crippen molar-refractivity contribution >= 4 is 12.1 Å². The number of carbonyl (C=O) groups excluding carboxylic acids is 2. The summed E-state index contributed by atoms with van der Waals surface area (Å²) < 4.78 is 21.1. The van der Waals surface area contributed by atoms with E-state index in [0.717, 1.165) is 5.56 Å². The van der Waals surface area contributed by atoms with Gasteiger partial charge in [-0.1, -0.05) is 6.07 Å². The lowest BCUT2D eigenvalue weighted by Crippen LogP contribution is -2.56. The molecule has 0 saturated heterocycles. The third kappa shape index (κ3) is 6.02. The molecule has 1 aromatic rings. The molecule has 8 nitrogen and oxygen atoms in total. The van der Waals surface area contributed by atoms with Crippen molar-refractivity contribution in [1.82, 2.24) is 5.32 Å². The highest BCUT2D eigenvalue weighted by molar-refractivity contribution is 5.84. The maximum atomic E-state index is 12.2. The second-order valence-corrected chi connectivity index (χ2v) is 7.19. The van der Waals surface area contributed by atoms with Crippen LogP contribution in [0.1, 0.15) is 39.7 Å². The molecule has 1 aromatic carbocycles. The smallest absolute Gasteiger partial charge is 0.410 e. The van der Waals surface area contributed by atoms with Crippen molar-refractivity contribution < 1.29 is 33.6 Å². The zero-order valence-corrected chi connectivity index (χ0v) is 16.2. The summed E-state index contributed by atoms with van der Waals surface area (Å²) in [5.41, 5.74) is -2.16. The van der Waals surface area contributed by atoms with Crippen LogP contribution in [0.5, 0.6) is 11.5 Å². The van der Waals surface area contributed by atoms with Gasteiger partial charge in [0, 0.05) is 6.42 Å². The van der Waals surface area contributed by atoms with Crippen molar-refractivity contribution in [3.05, 3.63) is 23.8 Å². The van der Waals surface area contributed by atoms with Gasteiger partial charge in [-0.3, -0.25) is 5.32 Å². The van der Waals surface area contributed by atoms with E-state index in [-0.39, 0.29) is 13.0 Å². The van der Waals surface area contributed by atoms with Gasteiger partial charge in [-0.2, -0.15) is 0 Å². The van der Waals surface area contributed by atoms with Gasteiger partial charge >= 0.3 is 12.1 Å². The first-order valence-corrected chi connectivity index (χ1v) is 8.92. The number of amides is 1. The Morgan fingerprint density at radius 2 is 1.85 bits per heavy atom. The molecule has 27 heavy (non-hydrogen) atoms. The van der Waals surface area contributed by atoms with Crippen LogP contribution in [0.2, 0.25) is 0 Å². The van der Waals surface area contributed by atoms with Gasteiger partial charge in [0.25, 0.3) is 0 Å². The van der Waals surface area contributed by atoms with E-state index in [0.29, 0.717) is 31.1 Å². The standard InChI is InChI=1S/C19H27NO7/c1-5-24-16(21)19(23,20-17(22)27-18(2,3)4)9-8-13-6-7-14-15(12-13)26-11-10-25-14/h6-7,12,23H,5,8-11H2,1-4H3,(H,20,22). The van der Waals surface area contributed by atoms with Crippen molar-refractivity contribution in [2.45, 2.75) is 51.9 Å². The van der Waals surface area contributed by atoms with E-state index in [1.807, 2.05) is 6.07 Å². The molecule has 1 aliphatic heterocycles. The molecule has 8 heteroatoms. The van der Waals surface area contributed by atoms with Crippen LogP contribution < -0.4 is 14.8 Å². The molecule has 1 unspecified atom stereocenters. The van der Waals surface area contributed by atoms with Gasteiger partial charge in [0.2, 0.25) is 5.72 Å². The van der Waals surface area contributed by atoms with Crippen molar-refractivity contribution in [2.75, 3.05) is 19.8 Å². The van der Waals surface area contributed by atoms with E-state index < -0.39 is 23.4 Å². The topological polar surface area (TPSA) is 103 Å². The molecule has 0 spiro atoms. The predicted octanol–water partition coefficient (Wildman–Crippen LogP) is 2.17. The summed E-state index contributed by atoms with van der Waals surface area (Å²) in [4.78, 5) is 24.3. The highest BCUT2D eigenvalue weighted by Gasteiger charge is 2.40.